The molecule has 0 amide bonds. The maximum Gasteiger partial charge on any atom is 0.130 e. The number of hydrogen-bond donors (Lipinski definition) is 2. The molecule has 2 aromatic rings. The molecule has 21 heavy (non-hydrogen) atoms. The molecule has 0 saturated carbocycles. The lowest BCUT2D eigenvalue weighted by Crippen LogP contribution is -2.17. The molecule has 3 N–H and O–H groups in total. The zero-order chi connectivity index (χ0) is 15.4. The summed E-state index contributed by atoms with van der Waals surface area (Å²) in [6.45, 7) is 1.70. The van der Waals surface area contributed by atoms with E-state index >= 15 is 0 Å². The van der Waals surface area contributed by atoms with Crippen LogP contribution in [0.2, 0.25) is 0 Å². The normalized spacial score (nSPS) is 10.9. The Labute approximate surface area is 137 Å². The molecule has 0 aliphatic carbocycles. The third kappa shape index (κ3) is 4.30. The predicted octanol–water partition coefficient (Wildman–Crippen LogP) is 3.44. The Hall–Kier alpha value is -1.37. The molecule has 6 heteroatoms. The molecule has 0 saturated heterocycles. The quantitative estimate of drug-likeness (QED) is 0.607. The van der Waals surface area contributed by atoms with E-state index in [1.165, 1.54) is 5.56 Å². The van der Waals surface area contributed by atoms with Gasteiger partial charge in [0.1, 0.15) is 11.6 Å². The summed E-state index contributed by atoms with van der Waals surface area (Å²) < 4.78 is 6.46. The fraction of sp³-hybridized carbons (Fsp3) is 0.267. The Morgan fingerprint density at radius 2 is 2.05 bits per heavy atom. The standard InChI is InChI=1S/C15H18BrN3OS/c1-19(8-11-6-14(16)21-9-11)7-10-3-4-12(15(17)18)13(5-10)20-2/h3-6,9H,7-8H2,1-2H3,(H3,17,18). The number of nitrogens with two attached hydrogens (primary N) is 1. The lowest BCUT2D eigenvalue weighted by Gasteiger charge is -2.17. The number of rotatable bonds is 6. The third-order valence-electron chi connectivity index (χ3n) is 3.08. The van der Waals surface area contributed by atoms with Crippen molar-refractivity contribution in [2.45, 2.75) is 13.1 Å². The average molecular weight is 368 g/mol. The highest BCUT2D eigenvalue weighted by molar-refractivity contribution is 9.11. The van der Waals surface area contributed by atoms with Crippen molar-refractivity contribution >= 4 is 33.1 Å². The second-order valence-electron chi connectivity index (χ2n) is 4.88. The van der Waals surface area contributed by atoms with Gasteiger partial charge in [-0.1, -0.05) is 6.07 Å². The van der Waals surface area contributed by atoms with Crippen LogP contribution in [-0.4, -0.2) is 24.9 Å². The van der Waals surface area contributed by atoms with Gasteiger partial charge in [0.25, 0.3) is 0 Å². The first-order valence-corrected chi connectivity index (χ1v) is 8.09. The summed E-state index contributed by atoms with van der Waals surface area (Å²) in [7, 11) is 3.68. The van der Waals surface area contributed by atoms with E-state index < -0.39 is 0 Å². The Kier molecular flexibility index (Phi) is 5.39. The molecule has 0 radical (unpaired) electrons. The first kappa shape index (κ1) is 16.0. The summed E-state index contributed by atoms with van der Waals surface area (Å²) in [5.41, 5.74) is 8.59. The number of ether oxygens (including phenoxy) is 1. The summed E-state index contributed by atoms with van der Waals surface area (Å²) in [6.07, 6.45) is 0. The van der Waals surface area contributed by atoms with Crippen LogP contribution in [0.4, 0.5) is 0 Å². The highest BCUT2D eigenvalue weighted by Crippen LogP contribution is 2.23. The molecule has 0 unspecified atom stereocenters. The molecule has 0 spiro atoms. The molecule has 0 fully saturated rings. The fourth-order valence-corrected chi connectivity index (χ4v) is 3.36. The lowest BCUT2D eigenvalue weighted by atomic mass is 10.1. The second-order valence-corrected chi connectivity index (χ2v) is 7.17. The summed E-state index contributed by atoms with van der Waals surface area (Å²) in [5.74, 6) is 0.668. The molecule has 1 heterocycles. The van der Waals surface area contributed by atoms with E-state index in [4.69, 9.17) is 15.9 Å². The van der Waals surface area contributed by atoms with Gasteiger partial charge in [0, 0.05) is 13.1 Å². The van der Waals surface area contributed by atoms with Crippen molar-refractivity contribution in [2.75, 3.05) is 14.2 Å². The zero-order valence-corrected chi connectivity index (χ0v) is 14.4. The van der Waals surface area contributed by atoms with Crippen molar-refractivity contribution in [1.82, 2.24) is 4.90 Å². The highest BCUT2D eigenvalue weighted by atomic mass is 79.9. The van der Waals surface area contributed by atoms with Crippen LogP contribution in [0.1, 0.15) is 16.7 Å². The van der Waals surface area contributed by atoms with Gasteiger partial charge in [-0.25, -0.2) is 0 Å². The molecule has 0 atom stereocenters. The van der Waals surface area contributed by atoms with Crippen LogP contribution in [0.5, 0.6) is 5.75 Å². The van der Waals surface area contributed by atoms with Gasteiger partial charge in [-0.05, 0) is 57.7 Å². The Bertz CT molecular complexity index is 642. The van der Waals surface area contributed by atoms with Crippen LogP contribution in [0, 0.1) is 5.41 Å². The average Bonchev–Trinajstić information content (AvgIpc) is 2.83. The molecule has 2 rings (SSSR count). The first-order valence-electron chi connectivity index (χ1n) is 6.42. The van der Waals surface area contributed by atoms with E-state index in [-0.39, 0.29) is 5.84 Å². The SMILES string of the molecule is COc1cc(CN(C)Cc2csc(Br)c2)ccc1C(=N)N. The summed E-state index contributed by atoms with van der Waals surface area (Å²) >= 11 is 5.18. The van der Waals surface area contributed by atoms with Crippen LogP contribution in [0.15, 0.2) is 33.4 Å². The van der Waals surface area contributed by atoms with Crippen molar-refractivity contribution in [3.05, 3.63) is 50.1 Å². The maximum atomic E-state index is 7.53. The number of amidine groups is 1. The second kappa shape index (κ2) is 7.06. The topological polar surface area (TPSA) is 62.3 Å². The highest BCUT2D eigenvalue weighted by Gasteiger charge is 2.09. The van der Waals surface area contributed by atoms with E-state index in [1.54, 1.807) is 18.4 Å². The number of methoxy groups -OCH3 is 1. The van der Waals surface area contributed by atoms with Crippen molar-refractivity contribution in [2.24, 2.45) is 5.73 Å². The number of nitrogens with one attached hydrogen (secondary N) is 1. The van der Waals surface area contributed by atoms with E-state index in [2.05, 4.69) is 39.3 Å². The molecule has 0 aliphatic heterocycles. The van der Waals surface area contributed by atoms with Gasteiger partial charge in [0.15, 0.2) is 0 Å². The monoisotopic (exact) mass is 367 g/mol. The van der Waals surface area contributed by atoms with Gasteiger partial charge in [-0.3, -0.25) is 10.3 Å². The molecule has 4 nitrogen and oxygen atoms in total. The van der Waals surface area contributed by atoms with Crippen LogP contribution >= 0.6 is 27.3 Å². The zero-order valence-electron chi connectivity index (χ0n) is 12.0. The Balaban J connectivity index is 2.06. The molecular formula is C15H18BrN3OS. The van der Waals surface area contributed by atoms with Gasteiger partial charge in [-0.2, -0.15) is 0 Å². The molecule has 1 aromatic heterocycles. The van der Waals surface area contributed by atoms with Crippen LogP contribution in [0.3, 0.4) is 0 Å². The van der Waals surface area contributed by atoms with Gasteiger partial charge in [-0.15, -0.1) is 11.3 Å². The van der Waals surface area contributed by atoms with Gasteiger partial charge in [0.05, 0.1) is 16.5 Å². The van der Waals surface area contributed by atoms with Crippen molar-refractivity contribution < 1.29 is 4.74 Å². The third-order valence-corrected chi connectivity index (χ3v) is 4.64. The molecule has 1 aromatic carbocycles. The minimum atomic E-state index is 0.0230. The summed E-state index contributed by atoms with van der Waals surface area (Å²) in [5, 5.41) is 9.68. The largest absolute Gasteiger partial charge is 0.496 e. The minimum absolute atomic E-state index is 0.0230. The van der Waals surface area contributed by atoms with Crippen molar-refractivity contribution in [3.8, 4) is 5.75 Å². The van der Waals surface area contributed by atoms with Gasteiger partial charge in [0.2, 0.25) is 0 Å². The van der Waals surface area contributed by atoms with E-state index in [9.17, 15) is 0 Å². The lowest BCUT2D eigenvalue weighted by molar-refractivity contribution is 0.318. The molecular weight excluding hydrogens is 350 g/mol. The van der Waals surface area contributed by atoms with Gasteiger partial charge < -0.3 is 10.5 Å². The molecule has 112 valence electrons. The maximum absolute atomic E-state index is 7.53. The molecule has 0 aliphatic rings. The number of thiophene rings is 1. The van der Waals surface area contributed by atoms with Crippen molar-refractivity contribution in [1.29, 1.82) is 5.41 Å². The van der Waals surface area contributed by atoms with Gasteiger partial charge >= 0.3 is 0 Å². The first-order chi connectivity index (χ1) is 9.99. The number of benzene rings is 1. The number of nitrogen functional groups attached to an aromatic ring is 1. The Morgan fingerprint density at radius 1 is 1.33 bits per heavy atom. The van der Waals surface area contributed by atoms with E-state index in [1.807, 2.05) is 18.2 Å². The van der Waals surface area contributed by atoms with Crippen LogP contribution < -0.4 is 10.5 Å². The minimum Gasteiger partial charge on any atom is -0.496 e. The predicted molar refractivity (Wildman–Crippen MR) is 91.2 cm³/mol. The Morgan fingerprint density at radius 3 is 2.62 bits per heavy atom. The smallest absolute Gasteiger partial charge is 0.130 e. The van der Waals surface area contributed by atoms with E-state index in [0.717, 1.165) is 22.4 Å². The van der Waals surface area contributed by atoms with Crippen molar-refractivity contribution in [3.63, 3.8) is 0 Å². The van der Waals surface area contributed by atoms with Crippen LogP contribution in [0.25, 0.3) is 0 Å². The van der Waals surface area contributed by atoms with Crippen LogP contribution in [-0.2, 0) is 13.1 Å². The fourth-order valence-electron chi connectivity index (χ4n) is 2.16. The summed E-state index contributed by atoms with van der Waals surface area (Å²) in [6, 6.07) is 7.90. The number of halogens is 1. The number of hydrogen-bond acceptors (Lipinski definition) is 4. The number of nitrogens with zero attached hydrogens (tertiary/aromatic N) is 1. The molecule has 0 bridgehead atoms. The summed E-state index contributed by atoms with van der Waals surface area (Å²) in [4.78, 5) is 2.23. The van der Waals surface area contributed by atoms with E-state index in [0.29, 0.717) is 11.3 Å².